The summed E-state index contributed by atoms with van der Waals surface area (Å²) in [7, 11) is 0. The van der Waals surface area contributed by atoms with Crippen molar-refractivity contribution in [3.05, 3.63) is 57.9 Å². The summed E-state index contributed by atoms with van der Waals surface area (Å²) in [6.07, 6.45) is 1.93. The van der Waals surface area contributed by atoms with Gasteiger partial charge in [-0.05, 0) is 50.3 Å². The lowest BCUT2D eigenvalue weighted by atomic mass is 10.1. The molecule has 146 valence electrons. The molecule has 3 rings (SSSR count). The Kier molecular flexibility index (Phi) is 6.36. The minimum atomic E-state index is -0.346. The van der Waals surface area contributed by atoms with Crippen molar-refractivity contribution in [2.24, 2.45) is 4.99 Å². The predicted molar refractivity (Wildman–Crippen MR) is 114 cm³/mol. The van der Waals surface area contributed by atoms with Gasteiger partial charge in [-0.1, -0.05) is 35.6 Å². The third-order valence-corrected chi connectivity index (χ3v) is 6.36. The summed E-state index contributed by atoms with van der Waals surface area (Å²) in [6.45, 7) is 6.12. The maximum atomic E-state index is 12.9. The molecule has 0 radical (unpaired) electrons. The van der Waals surface area contributed by atoms with Crippen molar-refractivity contribution in [1.82, 2.24) is 4.57 Å². The van der Waals surface area contributed by atoms with Gasteiger partial charge in [0.25, 0.3) is 5.91 Å². The van der Waals surface area contributed by atoms with Crippen molar-refractivity contribution in [2.45, 2.75) is 32.2 Å². The number of carbonyl (C=O) groups is 2. The zero-order chi connectivity index (χ0) is 20.3. The molecule has 5 nitrogen and oxygen atoms in total. The number of hydrogen-bond donors (Lipinski definition) is 0. The molecule has 0 unspecified atom stereocenters. The Bertz CT molecular complexity index is 1110. The van der Waals surface area contributed by atoms with Gasteiger partial charge in [0.2, 0.25) is 0 Å². The third-order valence-electron chi connectivity index (χ3n) is 4.35. The number of rotatable bonds is 5. The van der Waals surface area contributed by atoms with E-state index in [2.05, 4.69) is 4.99 Å². The number of aromatic nitrogens is 1. The van der Waals surface area contributed by atoms with Crippen molar-refractivity contribution >= 4 is 45.2 Å². The van der Waals surface area contributed by atoms with E-state index in [9.17, 15) is 9.59 Å². The summed E-state index contributed by atoms with van der Waals surface area (Å²) in [5.41, 5.74) is 3.59. The van der Waals surface area contributed by atoms with Crippen molar-refractivity contribution in [3.8, 4) is 0 Å². The van der Waals surface area contributed by atoms with Gasteiger partial charge in [-0.2, -0.15) is 4.99 Å². The van der Waals surface area contributed by atoms with Crippen LogP contribution in [-0.2, 0) is 16.1 Å². The summed E-state index contributed by atoms with van der Waals surface area (Å²) in [6, 6.07) is 11.5. The first kappa shape index (κ1) is 20.4. The third kappa shape index (κ3) is 4.05. The molecule has 3 aromatic rings. The van der Waals surface area contributed by atoms with Gasteiger partial charge in [0.15, 0.2) is 4.80 Å². The molecule has 0 spiro atoms. The number of amides is 1. The molecule has 1 aromatic heterocycles. The number of benzene rings is 2. The van der Waals surface area contributed by atoms with E-state index in [0.29, 0.717) is 17.0 Å². The number of fused-ring (bicyclic) bond motifs is 1. The SMILES string of the molecule is CCOC(=O)Cn1c(=NC(=O)c2ccccc2SC)sc2c(C)ccc(C)c21. The van der Waals surface area contributed by atoms with Gasteiger partial charge in [0, 0.05) is 4.90 Å². The fourth-order valence-electron chi connectivity index (χ4n) is 3.01. The summed E-state index contributed by atoms with van der Waals surface area (Å²) >= 11 is 2.93. The molecule has 0 saturated carbocycles. The van der Waals surface area contributed by atoms with Crippen LogP contribution in [0, 0.1) is 13.8 Å². The van der Waals surface area contributed by atoms with Crippen molar-refractivity contribution in [1.29, 1.82) is 0 Å². The van der Waals surface area contributed by atoms with Gasteiger partial charge in [-0.15, -0.1) is 11.8 Å². The van der Waals surface area contributed by atoms with Gasteiger partial charge < -0.3 is 9.30 Å². The number of ether oxygens (including phenoxy) is 1. The fraction of sp³-hybridized carbons (Fsp3) is 0.286. The van der Waals surface area contributed by atoms with Gasteiger partial charge in [-0.3, -0.25) is 9.59 Å². The van der Waals surface area contributed by atoms with E-state index in [1.165, 1.54) is 23.1 Å². The molecule has 0 aliphatic rings. The van der Waals surface area contributed by atoms with E-state index in [1.807, 2.05) is 50.4 Å². The summed E-state index contributed by atoms with van der Waals surface area (Å²) in [4.78, 5) is 30.9. The lowest BCUT2D eigenvalue weighted by Gasteiger charge is -2.08. The smallest absolute Gasteiger partial charge is 0.326 e. The van der Waals surface area contributed by atoms with Gasteiger partial charge in [-0.25, -0.2) is 0 Å². The molecule has 0 bridgehead atoms. The zero-order valence-corrected chi connectivity index (χ0v) is 17.9. The molecular weight excluding hydrogens is 392 g/mol. The molecule has 7 heteroatoms. The Labute approximate surface area is 172 Å². The van der Waals surface area contributed by atoms with E-state index in [4.69, 9.17) is 4.74 Å². The van der Waals surface area contributed by atoms with Crippen LogP contribution < -0.4 is 4.80 Å². The first-order valence-corrected chi connectivity index (χ1v) is 11.0. The monoisotopic (exact) mass is 414 g/mol. The number of nitrogens with zero attached hydrogens (tertiary/aromatic N) is 2. The Hall–Kier alpha value is -2.38. The standard InChI is InChI=1S/C21H22N2O3S2/c1-5-26-17(24)12-23-18-13(2)10-11-14(3)19(18)28-21(23)22-20(25)15-8-6-7-9-16(15)27-4/h6-11H,5,12H2,1-4H3. The van der Waals surface area contributed by atoms with Gasteiger partial charge >= 0.3 is 5.97 Å². The lowest BCUT2D eigenvalue weighted by molar-refractivity contribution is -0.143. The Morgan fingerprint density at radius 3 is 2.57 bits per heavy atom. The lowest BCUT2D eigenvalue weighted by Crippen LogP contribution is -2.23. The van der Waals surface area contributed by atoms with Crippen LogP contribution in [0.2, 0.25) is 0 Å². The van der Waals surface area contributed by atoms with Crippen LogP contribution >= 0.6 is 23.1 Å². The number of thioether (sulfide) groups is 1. The second-order valence-corrected chi connectivity index (χ2v) is 8.10. The maximum absolute atomic E-state index is 12.9. The molecule has 0 saturated heterocycles. The second-order valence-electron chi connectivity index (χ2n) is 6.27. The molecule has 0 aliphatic heterocycles. The fourth-order valence-corrected chi connectivity index (χ4v) is 4.77. The average Bonchev–Trinajstić information content (AvgIpc) is 3.04. The van der Waals surface area contributed by atoms with Crippen molar-refractivity contribution < 1.29 is 14.3 Å². The van der Waals surface area contributed by atoms with Crippen LogP contribution in [0.25, 0.3) is 10.2 Å². The van der Waals surface area contributed by atoms with E-state index >= 15 is 0 Å². The minimum absolute atomic E-state index is 0.0222. The molecule has 1 heterocycles. The van der Waals surface area contributed by atoms with Crippen LogP contribution in [0.4, 0.5) is 0 Å². The van der Waals surface area contributed by atoms with E-state index in [1.54, 1.807) is 17.6 Å². The highest BCUT2D eigenvalue weighted by atomic mass is 32.2. The summed E-state index contributed by atoms with van der Waals surface area (Å²) < 4.78 is 7.94. The highest BCUT2D eigenvalue weighted by Gasteiger charge is 2.16. The highest BCUT2D eigenvalue weighted by Crippen LogP contribution is 2.25. The average molecular weight is 415 g/mol. The van der Waals surface area contributed by atoms with Crippen LogP contribution in [0.1, 0.15) is 28.4 Å². The molecular formula is C21H22N2O3S2. The maximum Gasteiger partial charge on any atom is 0.326 e. The van der Waals surface area contributed by atoms with Crippen molar-refractivity contribution in [3.63, 3.8) is 0 Å². The van der Waals surface area contributed by atoms with Gasteiger partial charge in [0.05, 0.1) is 22.4 Å². The molecule has 0 aliphatic carbocycles. The second kappa shape index (κ2) is 8.75. The van der Waals surface area contributed by atoms with Crippen LogP contribution in [0.3, 0.4) is 0 Å². The Morgan fingerprint density at radius 1 is 1.14 bits per heavy atom. The molecule has 0 N–H and O–H groups in total. The van der Waals surface area contributed by atoms with Crippen LogP contribution in [0.5, 0.6) is 0 Å². The highest BCUT2D eigenvalue weighted by molar-refractivity contribution is 7.98. The molecule has 0 fully saturated rings. The molecule has 28 heavy (non-hydrogen) atoms. The first-order valence-electron chi connectivity index (χ1n) is 8.93. The minimum Gasteiger partial charge on any atom is -0.465 e. The normalized spacial score (nSPS) is 11.8. The summed E-state index contributed by atoms with van der Waals surface area (Å²) in [5, 5.41) is 0. The Balaban J connectivity index is 2.20. The van der Waals surface area contributed by atoms with E-state index in [-0.39, 0.29) is 18.4 Å². The van der Waals surface area contributed by atoms with E-state index < -0.39 is 0 Å². The topological polar surface area (TPSA) is 60.7 Å². The summed E-state index contributed by atoms with van der Waals surface area (Å²) in [5.74, 6) is -0.661. The quantitative estimate of drug-likeness (QED) is 0.460. The number of carbonyl (C=O) groups excluding carboxylic acids is 2. The predicted octanol–water partition coefficient (Wildman–Crippen LogP) is 4.35. The molecule has 2 aromatic carbocycles. The number of hydrogen-bond acceptors (Lipinski definition) is 5. The largest absolute Gasteiger partial charge is 0.465 e. The molecule has 1 amide bonds. The van der Waals surface area contributed by atoms with Crippen LogP contribution in [0.15, 0.2) is 46.3 Å². The van der Waals surface area contributed by atoms with Crippen LogP contribution in [-0.4, -0.2) is 29.3 Å². The first-order chi connectivity index (χ1) is 13.5. The van der Waals surface area contributed by atoms with Gasteiger partial charge in [0.1, 0.15) is 6.54 Å². The van der Waals surface area contributed by atoms with Crippen molar-refractivity contribution in [2.75, 3.05) is 12.9 Å². The number of aryl methyl sites for hydroxylation is 2. The molecule has 0 atom stereocenters. The number of esters is 1. The number of thiazole rings is 1. The zero-order valence-electron chi connectivity index (χ0n) is 16.3. The van der Waals surface area contributed by atoms with E-state index in [0.717, 1.165) is 26.2 Å². The Morgan fingerprint density at radius 2 is 1.86 bits per heavy atom.